The molecule has 76 valence electrons. The third kappa shape index (κ3) is 3.38. The molecule has 2 nitrogen and oxygen atoms in total. The molecule has 1 rings (SSSR count). The Hall–Kier alpha value is -1.03. The summed E-state index contributed by atoms with van der Waals surface area (Å²) in [5.74, 6) is -0.504. The van der Waals surface area contributed by atoms with Crippen LogP contribution in [0.1, 0.15) is 12.5 Å². The standard InChI is InChI=1S/C10H11FO2S/c1-7(10(12)13)14-6-8-2-4-9(11)5-3-8/h2-5,7H,6H2,1H3,(H,12,13)/t7-/m0/s1. The maximum atomic E-state index is 12.5. The van der Waals surface area contributed by atoms with Gasteiger partial charge in [-0.25, -0.2) is 4.39 Å². The van der Waals surface area contributed by atoms with Crippen molar-refractivity contribution in [3.8, 4) is 0 Å². The fourth-order valence-corrected chi connectivity index (χ4v) is 1.65. The van der Waals surface area contributed by atoms with Crippen molar-refractivity contribution in [1.82, 2.24) is 0 Å². The Morgan fingerprint density at radius 1 is 1.50 bits per heavy atom. The highest BCUT2D eigenvalue weighted by Crippen LogP contribution is 2.17. The first-order valence-corrected chi connectivity index (χ1v) is 5.23. The van der Waals surface area contributed by atoms with E-state index in [-0.39, 0.29) is 5.82 Å². The molecular formula is C10H11FO2S. The van der Waals surface area contributed by atoms with Crippen LogP contribution >= 0.6 is 11.8 Å². The summed E-state index contributed by atoms with van der Waals surface area (Å²) in [6.45, 7) is 1.64. The molecule has 4 heteroatoms. The fourth-order valence-electron chi connectivity index (χ4n) is 0.873. The number of rotatable bonds is 4. The fraction of sp³-hybridized carbons (Fsp3) is 0.300. The van der Waals surface area contributed by atoms with Crippen LogP contribution in [-0.2, 0) is 10.5 Å². The van der Waals surface area contributed by atoms with Gasteiger partial charge in [0.05, 0.1) is 5.25 Å². The summed E-state index contributed by atoms with van der Waals surface area (Å²) in [5.41, 5.74) is 0.935. The molecule has 0 spiro atoms. The Balaban J connectivity index is 2.46. The molecule has 14 heavy (non-hydrogen) atoms. The van der Waals surface area contributed by atoms with Gasteiger partial charge < -0.3 is 5.11 Å². The third-order valence-corrected chi connectivity index (χ3v) is 2.96. The van der Waals surface area contributed by atoms with Crippen LogP contribution in [0.25, 0.3) is 0 Å². The van der Waals surface area contributed by atoms with Gasteiger partial charge in [0.1, 0.15) is 5.82 Å². The lowest BCUT2D eigenvalue weighted by Crippen LogP contribution is -2.11. The number of carbonyl (C=O) groups is 1. The molecule has 1 N–H and O–H groups in total. The van der Waals surface area contributed by atoms with Crippen LogP contribution in [0.2, 0.25) is 0 Å². The van der Waals surface area contributed by atoms with E-state index in [0.717, 1.165) is 5.56 Å². The Morgan fingerprint density at radius 2 is 2.07 bits per heavy atom. The van der Waals surface area contributed by atoms with E-state index >= 15 is 0 Å². The quantitative estimate of drug-likeness (QED) is 0.836. The van der Waals surface area contributed by atoms with E-state index in [1.807, 2.05) is 0 Å². The summed E-state index contributed by atoms with van der Waals surface area (Å²) in [5, 5.41) is 8.19. The Labute approximate surface area is 86.1 Å². The molecule has 0 aromatic heterocycles. The molecule has 1 atom stereocenters. The average molecular weight is 214 g/mol. The minimum atomic E-state index is -0.822. The highest BCUT2D eigenvalue weighted by Gasteiger charge is 2.10. The molecule has 0 heterocycles. The van der Waals surface area contributed by atoms with Crippen LogP contribution < -0.4 is 0 Å². The van der Waals surface area contributed by atoms with Crippen molar-refractivity contribution in [2.24, 2.45) is 0 Å². The molecule has 0 fully saturated rings. The van der Waals surface area contributed by atoms with E-state index in [1.54, 1.807) is 19.1 Å². The Kier molecular flexibility index (Phi) is 3.95. The van der Waals surface area contributed by atoms with Gasteiger partial charge in [-0.15, -0.1) is 11.8 Å². The van der Waals surface area contributed by atoms with Gasteiger partial charge in [0, 0.05) is 5.75 Å². The summed E-state index contributed by atoms with van der Waals surface area (Å²) < 4.78 is 12.5. The minimum Gasteiger partial charge on any atom is -0.480 e. The van der Waals surface area contributed by atoms with Gasteiger partial charge in [-0.05, 0) is 24.6 Å². The van der Waals surface area contributed by atoms with Gasteiger partial charge in [0.2, 0.25) is 0 Å². The zero-order valence-corrected chi connectivity index (χ0v) is 8.55. The van der Waals surface area contributed by atoms with E-state index in [1.165, 1.54) is 23.9 Å². The number of benzene rings is 1. The lowest BCUT2D eigenvalue weighted by molar-refractivity contribution is -0.136. The summed E-state index contributed by atoms with van der Waals surface area (Å²) in [6.07, 6.45) is 0. The zero-order chi connectivity index (χ0) is 10.6. The molecule has 0 amide bonds. The predicted molar refractivity (Wildman–Crippen MR) is 54.8 cm³/mol. The van der Waals surface area contributed by atoms with Gasteiger partial charge >= 0.3 is 5.97 Å². The molecule has 0 aliphatic carbocycles. The number of carboxylic acids is 1. The second-order valence-electron chi connectivity index (χ2n) is 2.92. The zero-order valence-electron chi connectivity index (χ0n) is 7.74. The number of aliphatic carboxylic acids is 1. The summed E-state index contributed by atoms with van der Waals surface area (Å²) >= 11 is 1.32. The number of thioether (sulfide) groups is 1. The predicted octanol–water partition coefficient (Wildman–Crippen LogP) is 2.53. The van der Waals surface area contributed by atoms with Crippen LogP contribution in [-0.4, -0.2) is 16.3 Å². The van der Waals surface area contributed by atoms with Crippen molar-refractivity contribution < 1.29 is 14.3 Å². The van der Waals surface area contributed by atoms with Gasteiger partial charge in [-0.2, -0.15) is 0 Å². The van der Waals surface area contributed by atoms with Gasteiger partial charge in [0.25, 0.3) is 0 Å². The van der Waals surface area contributed by atoms with Crippen LogP contribution in [0.5, 0.6) is 0 Å². The summed E-state index contributed by atoms with van der Waals surface area (Å²) in [6, 6.07) is 6.08. The molecule has 0 radical (unpaired) electrons. The molecule has 1 aromatic carbocycles. The SMILES string of the molecule is C[C@H](SCc1ccc(F)cc1)C(=O)O. The molecule has 0 saturated carbocycles. The number of hydrogen-bond donors (Lipinski definition) is 1. The molecular weight excluding hydrogens is 203 g/mol. The van der Waals surface area contributed by atoms with Crippen molar-refractivity contribution in [1.29, 1.82) is 0 Å². The molecule has 1 aromatic rings. The maximum absolute atomic E-state index is 12.5. The van der Waals surface area contributed by atoms with E-state index in [9.17, 15) is 9.18 Å². The molecule has 0 saturated heterocycles. The average Bonchev–Trinajstić information content (AvgIpc) is 2.16. The maximum Gasteiger partial charge on any atom is 0.316 e. The van der Waals surface area contributed by atoms with E-state index in [2.05, 4.69) is 0 Å². The smallest absolute Gasteiger partial charge is 0.316 e. The first kappa shape index (κ1) is 11.0. The third-order valence-electron chi connectivity index (χ3n) is 1.76. The van der Waals surface area contributed by atoms with Crippen molar-refractivity contribution in [2.45, 2.75) is 17.9 Å². The second-order valence-corrected chi connectivity index (χ2v) is 4.25. The van der Waals surface area contributed by atoms with Gasteiger partial charge in [0.15, 0.2) is 0 Å². The monoisotopic (exact) mass is 214 g/mol. The highest BCUT2D eigenvalue weighted by atomic mass is 32.2. The first-order chi connectivity index (χ1) is 6.59. The molecule has 0 bridgehead atoms. The Morgan fingerprint density at radius 3 is 2.57 bits per heavy atom. The minimum absolute atomic E-state index is 0.273. The largest absolute Gasteiger partial charge is 0.480 e. The number of carboxylic acid groups (broad SMARTS) is 1. The van der Waals surface area contributed by atoms with Crippen molar-refractivity contribution in [3.05, 3.63) is 35.6 Å². The van der Waals surface area contributed by atoms with Gasteiger partial charge in [-0.3, -0.25) is 4.79 Å². The van der Waals surface area contributed by atoms with E-state index in [4.69, 9.17) is 5.11 Å². The van der Waals surface area contributed by atoms with E-state index < -0.39 is 11.2 Å². The van der Waals surface area contributed by atoms with Crippen molar-refractivity contribution >= 4 is 17.7 Å². The number of hydrogen-bond acceptors (Lipinski definition) is 2. The second kappa shape index (κ2) is 5.00. The topological polar surface area (TPSA) is 37.3 Å². The van der Waals surface area contributed by atoms with Gasteiger partial charge in [-0.1, -0.05) is 12.1 Å². The summed E-state index contributed by atoms with van der Waals surface area (Å²) in [4.78, 5) is 10.5. The van der Waals surface area contributed by atoms with Crippen molar-refractivity contribution in [2.75, 3.05) is 0 Å². The molecule has 0 unspecified atom stereocenters. The first-order valence-electron chi connectivity index (χ1n) is 4.18. The summed E-state index contributed by atoms with van der Waals surface area (Å²) in [7, 11) is 0. The normalized spacial score (nSPS) is 12.4. The van der Waals surface area contributed by atoms with Crippen LogP contribution in [0.3, 0.4) is 0 Å². The van der Waals surface area contributed by atoms with Crippen LogP contribution in [0.15, 0.2) is 24.3 Å². The lowest BCUT2D eigenvalue weighted by Gasteiger charge is -2.05. The van der Waals surface area contributed by atoms with Crippen LogP contribution in [0, 0.1) is 5.82 Å². The van der Waals surface area contributed by atoms with Crippen molar-refractivity contribution in [3.63, 3.8) is 0 Å². The Bertz CT molecular complexity index is 310. The van der Waals surface area contributed by atoms with Crippen LogP contribution in [0.4, 0.5) is 4.39 Å². The highest BCUT2D eigenvalue weighted by molar-refractivity contribution is 7.99. The number of halogens is 1. The molecule has 0 aliphatic heterocycles. The van der Waals surface area contributed by atoms with E-state index in [0.29, 0.717) is 5.75 Å². The lowest BCUT2D eigenvalue weighted by atomic mass is 10.2. The molecule has 0 aliphatic rings.